The third-order valence-corrected chi connectivity index (χ3v) is 2.73. The first kappa shape index (κ1) is 14.2. The fourth-order valence-corrected chi connectivity index (χ4v) is 1.72. The maximum absolute atomic E-state index is 10.8. The first-order chi connectivity index (χ1) is 5.95. The van der Waals surface area contributed by atoms with Gasteiger partial charge in [-0.25, -0.2) is 0 Å². The average molecular weight is 246 g/mol. The van der Waals surface area contributed by atoms with Crippen molar-refractivity contribution in [2.75, 3.05) is 5.73 Å². The summed E-state index contributed by atoms with van der Waals surface area (Å²) in [5, 5.41) is 0. The van der Waals surface area contributed by atoms with Crippen LogP contribution in [0, 0.1) is 0 Å². The molecular formula is C7H9ClNNaO3S. The smallest absolute Gasteiger partial charge is 1.00 e. The van der Waals surface area contributed by atoms with Gasteiger partial charge in [0.1, 0.15) is 4.90 Å². The number of hydrogen-bond acceptors (Lipinski definition) is 3. The molecule has 14 heavy (non-hydrogen) atoms. The van der Waals surface area contributed by atoms with Crippen LogP contribution in [-0.4, -0.2) is 13.0 Å². The van der Waals surface area contributed by atoms with E-state index in [-0.39, 0.29) is 47.4 Å². The van der Waals surface area contributed by atoms with E-state index in [4.69, 9.17) is 21.9 Å². The second-order valence-electron chi connectivity index (χ2n) is 2.48. The molecular weight excluding hydrogens is 237 g/mol. The molecule has 7 heteroatoms. The Balaban J connectivity index is 0. The summed E-state index contributed by atoms with van der Waals surface area (Å²) in [4.78, 5) is -0.300. The van der Waals surface area contributed by atoms with E-state index in [1.54, 1.807) is 6.07 Å². The van der Waals surface area contributed by atoms with Crippen LogP contribution < -0.4 is 35.3 Å². The molecule has 0 amide bonds. The Morgan fingerprint density at radius 1 is 1.50 bits per heavy atom. The van der Waals surface area contributed by atoms with Gasteiger partial charge in [0.15, 0.2) is 0 Å². The van der Waals surface area contributed by atoms with Crippen LogP contribution in [0.2, 0.25) is 0 Å². The van der Waals surface area contributed by atoms with Crippen molar-refractivity contribution >= 4 is 27.4 Å². The number of nitrogens with two attached hydrogens (primary N) is 1. The number of nitrogen functional groups attached to an aromatic ring is 1. The SMILES string of the molecule is Nc1ccc(CCl)cc1S(=O)(=O)O.[H-].[Na+]. The molecule has 0 radical (unpaired) electrons. The topological polar surface area (TPSA) is 80.4 Å². The molecule has 1 aromatic carbocycles. The number of benzene rings is 1. The number of rotatable bonds is 2. The van der Waals surface area contributed by atoms with Crippen LogP contribution in [0.5, 0.6) is 0 Å². The molecule has 1 rings (SSSR count). The number of halogens is 1. The summed E-state index contributed by atoms with van der Waals surface area (Å²) >= 11 is 5.48. The summed E-state index contributed by atoms with van der Waals surface area (Å²) in [6.07, 6.45) is 0. The summed E-state index contributed by atoms with van der Waals surface area (Å²) in [5.74, 6) is 0.169. The normalized spacial score (nSPS) is 10.7. The van der Waals surface area contributed by atoms with Gasteiger partial charge in [-0.2, -0.15) is 8.42 Å². The predicted molar refractivity (Wildman–Crippen MR) is 51.3 cm³/mol. The van der Waals surface area contributed by atoms with Gasteiger partial charge in [0.25, 0.3) is 10.1 Å². The molecule has 74 valence electrons. The third kappa shape index (κ3) is 3.42. The fourth-order valence-electron chi connectivity index (χ4n) is 0.885. The minimum atomic E-state index is -4.25. The number of alkyl halides is 1. The Kier molecular flexibility index (Phi) is 5.43. The number of anilines is 1. The van der Waals surface area contributed by atoms with Gasteiger partial charge in [-0.05, 0) is 17.7 Å². The molecule has 0 fully saturated rings. The monoisotopic (exact) mass is 245 g/mol. The zero-order valence-electron chi connectivity index (χ0n) is 8.57. The largest absolute Gasteiger partial charge is 1.00 e. The molecule has 0 atom stereocenters. The molecule has 1 aromatic rings. The van der Waals surface area contributed by atoms with Gasteiger partial charge in [-0.1, -0.05) is 6.07 Å². The Morgan fingerprint density at radius 3 is 2.50 bits per heavy atom. The molecule has 0 unspecified atom stereocenters. The van der Waals surface area contributed by atoms with E-state index in [1.165, 1.54) is 12.1 Å². The molecule has 0 heterocycles. The van der Waals surface area contributed by atoms with E-state index in [9.17, 15) is 8.42 Å². The first-order valence-electron chi connectivity index (χ1n) is 3.37. The van der Waals surface area contributed by atoms with Crippen LogP contribution in [0.3, 0.4) is 0 Å². The minimum Gasteiger partial charge on any atom is -1.00 e. The summed E-state index contributed by atoms with van der Waals surface area (Å²) in [6.45, 7) is 0. The van der Waals surface area contributed by atoms with Gasteiger partial charge in [-0.3, -0.25) is 4.55 Å². The zero-order valence-corrected chi connectivity index (χ0v) is 11.1. The molecule has 0 aliphatic rings. The zero-order chi connectivity index (χ0) is 10.1. The molecule has 0 spiro atoms. The van der Waals surface area contributed by atoms with Crippen molar-refractivity contribution in [3.63, 3.8) is 0 Å². The molecule has 0 saturated heterocycles. The molecule has 0 saturated carbocycles. The summed E-state index contributed by atoms with van der Waals surface area (Å²) in [5.41, 5.74) is 5.95. The van der Waals surface area contributed by atoms with E-state index < -0.39 is 10.1 Å². The molecule has 0 bridgehead atoms. The fraction of sp³-hybridized carbons (Fsp3) is 0.143. The predicted octanol–water partition coefficient (Wildman–Crippen LogP) is -1.63. The molecule has 3 N–H and O–H groups in total. The van der Waals surface area contributed by atoms with Gasteiger partial charge < -0.3 is 7.16 Å². The second-order valence-corrected chi connectivity index (χ2v) is 4.14. The van der Waals surface area contributed by atoms with Crippen molar-refractivity contribution in [3.8, 4) is 0 Å². The van der Waals surface area contributed by atoms with Crippen molar-refractivity contribution in [2.24, 2.45) is 0 Å². The quantitative estimate of drug-likeness (QED) is 0.284. The standard InChI is InChI=1S/C7H8ClNO3S.Na.H/c8-4-5-1-2-6(9)7(3-5)13(10,11)12;;/h1-3H,4,9H2,(H,10,11,12);;/q;+1;-1. The summed E-state index contributed by atoms with van der Waals surface area (Å²) in [6, 6.07) is 4.23. The van der Waals surface area contributed by atoms with E-state index in [1.807, 2.05) is 0 Å². The van der Waals surface area contributed by atoms with Crippen molar-refractivity contribution in [1.82, 2.24) is 0 Å². The van der Waals surface area contributed by atoms with Gasteiger partial charge in [0.2, 0.25) is 0 Å². The van der Waals surface area contributed by atoms with E-state index in [2.05, 4.69) is 0 Å². The Bertz CT molecular complexity index is 426. The molecule has 0 aromatic heterocycles. The van der Waals surface area contributed by atoms with Crippen molar-refractivity contribution in [2.45, 2.75) is 10.8 Å². The van der Waals surface area contributed by atoms with Gasteiger partial charge in [-0.15, -0.1) is 11.6 Å². The Hall–Kier alpha value is 0.220. The molecule has 0 aliphatic carbocycles. The van der Waals surface area contributed by atoms with Crippen molar-refractivity contribution in [1.29, 1.82) is 0 Å². The van der Waals surface area contributed by atoms with E-state index in [0.717, 1.165) is 0 Å². The second kappa shape index (κ2) is 5.34. The van der Waals surface area contributed by atoms with Crippen molar-refractivity contribution in [3.05, 3.63) is 23.8 Å². The first-order valence-corrected chi connectivity index (χ1v) is 5.34. The maximum atomic E-state index is 10.8. The number of hydrogen-bond donors (Lipinski definition) is 2. The van der Waals surface area contributed by atoms with E-state index >= 15 is 0 Å². The van der Waals surface area contributed by atoms with Crippen LogP contribution in [-0.2, 0) is 16.0 Å². The van der Waals surface area contributed by atoms with Crippen LogP contribution in [0.25, 0.3) is 0 Å². The average Bonchev–Trinajstić information content (AvgIpc) is 2.03. The Labute approximate surface area is 111 Å². The summed E-state index contributed by atoms with van der Waals surface area (Å²) < 4.78 is 30.2. The van der Waals surface area contributed by atoms with Crippen LogP contribution in [0.15, 0.2) is 23.1 Å². The van der Waals surface area contributed by atoms with Crippen LogP contribution in [0.4, 0.5) is 5.69 Å². The van der Waals surface area contributed by atoms with Crippen molar-refractivity contribution < 1.29 is 44.0 Å². The molecule has 4 nitrogen and oxygen atoms in total. The van der Waals surface area contributed by atoms with Crippen LogP contribution >= 0.6 is 11.6 Å². The van der Waals surface area contributed by atoms with Gasteiger partial charge in [0.05, 0.1) is 5.69 Å². The van der Waals surface area contributed by atoms with E-state index in [0.29, 0.717) is 5.56 Å². The third-order valence-electron chi connectivity index (χ3n) is 1.51. The maximum Gasteiger partial charge on any atom is 1.00 e. The van der Waals surface area contributed by atoms with Gasteiger partial charge >= 0.3 is 29.6 Å². The Morgan fingerprint density at radius 2 is 2.07 bits per heavy atom. The minimum absolute atomic E-state index is 0. The summed E-state index contributed by atoms with van der Waals surface area (Å²) in [7, 11) is -4.25. The van der Waals surface area contributed by atoms with Crippen LogP contribution in [0.1, 0.15) is 6.99 Å². The molecule has 0 aliphatic heterocycles. The van der Waals surface area contributed by atoms with Gasteiger partial charge in [0, 0.05) is 5.88 Å².